The van der Waals surface area contributed by atoms with Crippen LogP contribution in [-0.4, -0.2) is 11.5 Å². The second kappa shape index (κ2) is 7.25. The summed E-state index contributed by atoms with van der Waals surface area (Å²) in [6.45, 7) is 7.34. The summed E-state index contributed by atoms with van der Waals surface area (Å²) in [6.07, 6.45) is 7.28. The van der Waals surface area contributed by atoms with Gasteiger partial charge in [-0.25, -0.2) is 4.98 Å². The number of pyridine rings is 1. The van der Waals surface area contributed by atoms with Crippen LogP contribution in [0.25, 0.3) is 11.1 Å². The molecular formula is C17H24N2S. The molecule has 0 fully saturated rings. The van der Waals surface area contributed by atoms with Gasteiger partial charge in [-0.15, -0.1) is 0 Å². The molecule has 0 saturated heterocycles. The molecule has 2 aromatic rings. The molecule has 0 aliphatic carbocycles. The summed E-state index contributed by atoms with van der Waals surface area (Å²) < 4.78 is 0. The van der Waals surface area contributed by atoms with Crippen LogP contribution < -0.4 is 5.32 Å². The van der Waals surface area contributed by atoms with Crippen molar-refractivity contribution in [1.82, 2.24) is 4.98 Å². The van der Waals surface area contributed by atoms with Gasteiger partial charge >= 0.3 is 0 Å². The Bertz CT molecular complexity index is 564. The number of rotatable bonds is 6. The third-order valence-electron chi connectivity index (χ3n) is 3.38. The number of hydrogen-bond acceptors (Lipinski definition) is 3. The Morgan fingerprint density at radius 3 is 2.95 bits per heavy atom. The second-order valence-electron chi connectivity index (χ2n) is 4.87. The molecule has 0 aromatic carbocycles. The van der Waals surface area contributed by atoms with E-state index in [0.29, 0.717) is 5.92 Å². The highest BCUT2D eigenvalue weighted by atomic mass is 32.1. The Morgan fingerprint density at radius 1 is 1.45 bits per heavy atom. The monoisotopic (exact) mass is 288 g/mol. The molecule has 20 heavy (non-hydrogen) atoms. The lowest BCUT2D eigenvalue weighted by Gasteiger charge is -2.19. The van der Waals surface area contributed by atoms with Gasteiger partial charge in [-0.3, -0.25) is 0 Å². The molecule has 0 aliphatic rings. The zero-order chi connectivity index (χ0) is 14.4. The van der Waals surface area contributed by atoms with Gasteiger partial charge in [0.1, 0.15) is 5.82 Å². The molecule has 3 heteroatoms. The summed E-state index contributed by atoms with van der Waals surface area (Å²) in [5.74, 6) is 1.47. The van der Waals surface area contributed by atoms with E-state index in [2.05, 4.69) is 66.1 Å². The van der Waals surface area contributed by atoms with Crippen LogP contribution in [0.5, 0.6) is 0 Å². The van der Waals surface area contributed by atoms with Crippen LogP contribution in [-0.2, 0) is 0 Å². The second-order valence-corrected chi connectivity index (χ2v) is 5.65. The zero-order valence-electron chi connectivity index (χ0n) is 12.4. The van der Waals surface area contributed by atoms with Crippen molar-refractivity contribution in [3.05, 3.63) is 46.8 Å². The lowest BCUT2D eigenvalue weighted by atomic mass is 9.91. The van der Waals surface area contributed by atoms with Crippen LogP contribution in [0, 0.1) is 0 Å². The number of hydrogen-bond donors (Lipinski definition) is 1. The topological polar surface area (TPSA) is 24.9 Å². The van der Waals surface area contributed by atoms with E-state index in [-0.39, 0.29) is 1.43 Å². The summed E-state index contributed by atoms with van der Waals surface area (Å²) in [7, 11) is 0. The summed E-state index contributed by atoms with van der Waals surface area (Å²) in [6, 6.07) is 4.31. The van der Waals surface area contributed by atoms with E-state index in [1.165, 1.54) is 16.7 Å². The molecule has 2 aromatic heterocycles. The van der Waals surface area contributed by atoms with Crippen molar-refractivity contribution in [3.8, 4) is 11.1 Å². The standard InChI is InChI=1S/C17H22N2S.H2/c1-4-6-7-13(3)16-15(14-9-11-20-12-14)8-10-19-17(16)18-5-2;/h4,6,8-13H,5,7H2,1-3H3,(H,18,19);1H/b6-4-;. The van der Waals surface area contributed by atoms with Gasteiger partial charge in [0.2, 0.25) is 0 Å². The summed E-state index contributed by atoms with van der Waals surface area (Å²) in [5, 5.41) is 7.74. The van der Waals surface area contributed by atoms with Crippen molar-refractivity contribution in [1.29, 1.82) is 0 Å². The molecule has 0 saturated carbocycles. The fourth-order valence-corrected chi connectivity index (χ4v) is 3.06. The molecule has 0 amide bonds. The van der Waals surface area contributed by atoms with E-state index < -0.39 is 0 Å². The van der Waals surface area contributed by atoms with Crippen molar-refractivity contribution in [2.75, 3.05) is 11.9 Å². The molecule has 0 bridgehead atoms. The number of nitrogens with zero attached hydrogens (tertiary/aromatic N) is 1. The summed E-state index contributed by atoms with van der Waals surface area (Å²) in [5.41, 5.74) is 3.92. The lowest BCUT2D eigenvalue weighted by molar-refractivity contribution is 0.778. The number of thiophene rings is 1. The van der Waals surface area contributed by atoms with Gasteiger partial charge in [-0.1, -0.05) is 19.1 Å². The van der Waals surface area contributed by atoms with Crippen LogP contribution in [0.2, 0.25) is 0 Å². The zero-order valence-corrected chi connectivity index (χ0v) is 13.2. The highest BCUT2D eigenvalue weighted by Crippen LogP contribution is 2.36. The molecule has 0 radical (unpaired) electrons. The molecule has 1 atom stereocenters. The number of anilines is 1. The molecule has 2 rings (SSSR count). The fourth-order valence-electron chi connectivity index (χ4n) is 2.41. The molecular weight excluding hydrogens is 264 g/mol. The van der Waals surface area contributed by atoms with E-state index in [9.17, 15) is 0 Å². The molecule has 2 nitrogen and oxygen atoms in total. The number of aromatic nitrogens is 1. The first-order chi connectivity index (χ1) is 9.77. The van der Waals surface area contributed by atoms with Gasteiger partial charge < -0.3 is 5.32 Å². The van der Waals surface area contributed by atoms with Gasteiger partial charge in [-0.05, 0) is 60.2 Å². The van der Waals surface area contributed by atoms with Crippen LogP contribution in [0.15, 0.2) is 41.2 Å². The van der Waals surface area contributed by atoms with Gasteiger partial charge in [0.15, 0.2) is 0 Å². The Kier molecular flexibility index (Phi) is 5.36. The van der Waals surface area contributed by atoms with Gasteiger partial charge in [-0.2, -0.15) is 11.3 Å². The van der Waals surface area contributed by atoms with E-state index in [4.69, 9.17) is 0 Å². The summed E-state index contributed by atoms with van der Waals surface area (Å²) in [4.78, 5) is 4.54. The first-order valence-corrected chi connectivity index (χ1v) is 8.08. The Morgan fingerprint density at radius 2 is 2.30 bits per heavy atom. The maximum Gasteiger partial charge on any atom is 0.130 e. The third kappa shape index (κ3) is 3.28. The fraction of sp³-hybridized carbons (Fsp3) is 0.353. The normalized spacial score (nSPS) is 12.8. The smallest absolute Gasteiger partial charge is 0.130 e. The third-order valence-corrected chi connectivity index (χ3v) is 4.07. The minimum Gasteiger partial charge on any atom is -0.370 e. The molecule has 1 N–H and O–H groups in total. The van der Waals surface area contributed by atoms with Crippen LogP contribution >= 0.6 is 11.3 Å². The average molecular weight is 288 g/mol. The van der Waals surface area contributed by atoms with Crippen LogP contribution in [0.1, 0.15) is 40.1 Å². The predicted octanol–water partition coefficient (Wildman–Crippen LogP) is 5.56. The molecule has 0 spiro atoms. The highest BCUT2D eigenvalue weighted by molar-refractivity contribution is 7.08. The van der Waals surface area contributed by atoms with Crippen molar-refractivity contribution in [3.63, 3.8) is 0 Å². The molecule has 0 aliphatic heterocycles. The Labute approximate surface area is 127 Å². The maximum absolute atomic E-state index is 4.54. The van der Waals surface area contributed by atoms with Crippen molar-refractivity contribution in [2.24, 2.45) is 0 Å². The van der Waals surface area contributed by atoms with Crippen molar-refractivity contribution >= 4 is 17.2 Å². The van der Waals surface area contributed by atoms with Crippen molar-refractivity contribution < 1.29 is 1.43 Å². The lowest BCUT2D eigenvalue weighted by Crippen LogP contribution is -2.07. The van der Waals surface area contributed by atoms with Gasteiger partial charge in [0.25, 0.3) is 0 Å². The SMILES string of the molecule is C/C=C\CC(C)c1c(-c2ccsc2)ccnc1NCC.[HH]. The highest BCUT2D eigenvalue weighted by Gasteiger charge is 2.16. The number of nitrogens with one attached hydrogen (secondary N) is 1. The first-order valence-electron chi connectivity index (χ1n) is 7.14. The van der Waals surface area contributed by atoms with Gasteiger partial charge in [0.05, 0.1) is 0 Å². The van der Waals surface area contributed by atoms with E-state index in [0.717, 1.165) is 18.8 Å². The Hall–Kier alpha value is -1.61. The van der Waals surface area contributed by atoms with E-state index >= 15 is 0 Å². The average Bonchev–Trinajstić information content (AvgIpc) is 2.99. The first kappa shape index (κ1) is 14.8. The van der Waals surface area contributed by atoms with E-state index in [1.54, 1.807) is 11.3 Å². The molecule has 1 unspecified atom stereocenters. The minimum absolute atomic E-state index is 0. The van der Waals surface area contributed by atoms with Gasteiger partial charge in [0, 0.05) is 19.7 Å². The van der Waals surface area contributed by atoms with Crippen LogP contribution in [0.4, 0.5) is 5.82 Å². The molecule has 2 heterocycles. The molecule has 108 valence electrons. The summed E-state index contributed by atoms with van der Waals surface area (Å²) >= 11 is 1.74. The largest absolute Gasteiger partial charge is 0.370 e. The minimum atomic E-state index is 0. The maximum atomic E-state index is 4.54. The van der Waals surface area contributed by atoms with Crippen molar-refractivity contribution in [2.45, 2.75) is 33.1 Å². The number of allylic oxidation sites excluding steroid dienone is 2. The predicted molar refractivity (Wildman–Crippen MR) is 91.7 cm³/mol. The van der Waals surface area contributed by atoms with Crippen LogP contribution in [0.3, 0.4) is 0 Å². The quantitative estimate of drug-likeness (QED) is 0.704. The Balaban J connectivity index is 0.00000220. The van der Waals surface area contributed by atoms with E-state index in [1.807, 2.05) is 6.20 Å².